The molecule has 0 fully saturated rings. The molecule has 0 aliphatic heterocycles. The molecule has 0 saturated heterocycles. The minimum absolute atomic E-state index is 0.124. The van der Waals surface area contributed by atoms with Crippen molar-refractivity contribution >= 4 is 0 Å². The molecular weight excluding hydrogens is 221 g/mol. The van der Waals surface area contributed by atoms with Crippen LogP contribution in [0.4, 0.5) is 13.2 Å². The molecule has 90 valence electrons. The quantitative estimate of drug-likeness (QED) is 0.840. The second-order valence-corrected chi connectivity index (χ2v) is 3.62. The summed E-state index contributed by atoms with van der Waals surface area (Å²) in [6.45, 7) is 0. The molecule has 0 aliphatic rings. The number of aromatic hydroxyl groups is 1. The minimum Gasteiger partial charge on any atom is -0.508 e. The maximum Gasteiger partial charge on any atom is 0.414 e. The smallest absolute Gasteiger partial charge is 0.414 e. The Hall–Kier alpha value is -1.23. The number of hydrogen-bond donors (Lipinski definition) is 2. The third-order valence-electron chi connectivity index (χ3n) is 2.26. The molecule has 0 radical (unpaired) electrons. The highest BCUT2D eigenvalue weighted by molar-refractivity contribution is 5.25. The van der Waals surface area contributed by atoms with Gasteiger partial charge in [-0.15, -0.1) is 0 Å². The van der Waals surface area contributed by atoms with Gasteiger partial charge in [0.1, 0.15) is 11.9 Å². The lowest BCUT2D eigenvalue weighted by Gasteiger charge is -2.13. The number of halogens is 3. The summed E-state index contributed by atoms with van der Waals surface area (Å²) in [7, 11) is 0. The molecule has 0 aromatic heterocycles. The number of aliphatic hydroxyl groups is 1. The van der Waals surface area contributed by atoms with E-state index in [1.165, 1.54) is 12.1 Å². The molecular formula is C11H13F3O2. The summed E-state index contributed by atoms with van der Waals surface area (Å²) >= 11 is 0. The van der Waals surface area contributed by atoms with Crippen molar-refractivity contribution in [2.75, 3.05) is 0 Å². The number of alkyl halides is 3. The van der Waals surface area contributed by atoms with E-state index in [1.54, 1.807) is 12.1 Å². The Bertz CT molecular complexity index is 319. The fraction of sp³-hybridized carbons (Fsp3) is 0.455. The summed E-state index contributed by atoms with van der Waals surface area (Å²) in [5.41, 5.74) is 0.840. The van der Waals surface area contributed by atoms with Crippen molar-refractivity contribution < 1.29 is 23.4 Å². The number of phenolic OH excluding ortho intramolecular Hbond substituents is 1. The fourth-order valence-corrected chi connectivity index (χ4v) is 1.33. The summed E-state index contributed by atoms with van der Waals surface area (Å²) in [6.07, 6.45) is -6.37. The predicted octanol–water partition coefficient (Wildman–Crippen LogP) is 2.64. The lowest BCUT2D eigenvalue weighted by molar-refractivity contribution is -0.205. The Morgan fingerprint density at radius 2 is 1.69 bits per heavy atom. The van der Waals surface area contributed by atoms with E-state index in [0.29, 0.717) is 6.42 Å². The maximum atomic E-state index is 11.9. The summed E-state index contributed by atoms with van der Waals surface area (Å²) in [5.74, 6) is 0.124. The standard InChI is InChI=1S/C11H13F3O2/c12-11(13,14)10(16)3-1-2-8-4-6-9(15)7-5-8/h4-7,10,15-16H,1-3H2. The number of aliphatic hydroxyl groups excluding tert-OH is 1. The minimum atomic E-state index is -4.53. The molecule has 1 aromatic carbocycles. The zero-order valence-electron chi connectivity index (χ0n) is 8.54. The van der Waals surface area contributed by atoms with Gasteiger partial charge in [-0.1, -0.05) is 12.1 Å². The largest absolute Gasteiger partial charge is 0.508 e. The van der Waals surface area contributed by atoms with E-state index < -0.39 is 12.3 Å². The van der Waals surface area contributed by atoms with Crippen LogP contribution >= 0.6 is 0 Å². The van der Waals surface area contributed by atoms with Crippen molar-refractivity contribution in [2.45, 2.75) is 31.5 Å². The SMILES string of the molecule is Oc1ccc(CCCC(O)C(F)(F)F)cc1. The third kappa shape index (κ3) is 4.10. The maximum absolute atomic E-state index is 11.9. The first-order valence-electron chi connectivity index (χ1n) is 4.92. The molecule has 5 heteroatoms. The molecule has 1 rings (SSSR count). The van der Waals surface area contributed by atoms with Crippen molar-refractivity contribution in [3.05, 3.63) is 29.8 Å². The van der Waals surface area contributed by atoms with Crippen LogP contribution in [-0.4, -0.2) is 22.5 Å². The number of hydrogen-bond acceptors (Lipinski definition) is 2. The summed E-state index contributed by atoms with van der Waals surface area (Å²) < 4.78 is 35.8. The average molecular weight is 234 g/mol. The van der Waals surface area contributed by atoms with Gasteiger partial charge in [0.15, 0.2) is 0 Å². The lowest BCUT2D eigenvalue weighted by Crippen LogP contribution is -2.28. The highest BCUT2D eigenvalue weighted by Gasteiger charge is 2.37. The van der Waals surface area contributed by atoms with Gasteiger partial charge >= 0.3 is 6.18 Å². The first-order valence-corrected chi connectivity index (χ1v) is 4.92. The van der Waals surface area contributed by atoms with Crippen LogP contribution < -0.4 is 0 Å². The molecule has 2 N–H and O–H groups in total. The molecule has 1 aromatic rings. The van der Waals surface area contributed by atoms with Crippen LogP contribution in [0.2, 0.25) is 0 Å². The van der Waals surface area contributed by atoms with E-state index in [2.05, 4.69) is 0 Å². The molecule has 0 spiro atoms. The van der Waals surface area contributed by atoms with Crippen molar-refractivity contribution in [1.29, 1.82) is 0 Å². The van der Waals surface area contributed by atoms with Gasteiger partial charge in [0.05, 0.1) is 0 Å². The van der Waals surface area contributed by atoms with Gasteiger partial charge in [0.2, 0.25) is 0 Å². The highest BCUT2D eigenvalue weighted by atomic mass is 19.4. The van der Waals surface area contributed by atoms with Crippen LogP contribution in [0, 0.1) is 0 Å². The van der Waals surface area contributed by atoms with Crippen LogP contribution in [0.15, 0.2) is 24.3 Å². The molecule has 1 atom stereocenters. The average Bonchev–Trinajstić information content (AvgIpc) is 2.19. The molecule has 1 unspecified atom stereocenters. The highest BCUT2D eigenvalue weighted by Crippen LogP contribution is 2.23. The Morgan fingerprint density at radius 3 is 2.19 bits per heavy atom. The van der Waals surface area contributed by atoms with Crippen molar-refractivity contribution in [1.82, 2.24) is 0 Å². The second-order valence-electron chi connectivity index (χ2n) is 3.62. The van der Waals surface area contributed by atoms with Gasteiger partial charge in [-0.2, -0.15) is 13.2 Å². The van der Waals surface area contributed by atoms with E-state index in [0.717, 1.165) is 5.56 Å². The zero-order valence-corrected chi connectivity index (χ0v) is 8.54. The van der Waals surface area contributed by atoms with E-state index in [4.69, 9.17) is 10.2 Å². The van der Waals surface area contributed by atoms with E-state index in [-0.39, 0.29) is 18.6 Å². The lowest BCUT2D eigenvalue weighted by atomic mass is 10.1. The van der Waals surface area contributed by atoms with Crippen LogP contribution in [0.1, 0.15) is 18.4 Å². The first kappa shape index (κ1) is 12.8. The summed E-state index contributed by atoms with van der Waals surface area (Å²) in [6, 6.07) is 6.26. The number of benzene rings is 1. The molecule has 0 amide bonds. The number of aryl methyl sites for hydroxylation is 1. The number of phenols is 1. The second kappa shape index (κ2) is 5.21. The van der Waals surface area contributed by atoms with Crippen LogP contribution in [-0.2, 0) is 6.42 Å². The van der Waals surface area contributed by atoms with E-state index >= 15 is 0 Å². The first-order chi connectivity index (χ1) is 7.39. The monoisotopic (exact) mass is 234 g/mol. The third-order valence-corrected chi connectivity index (χ3v) is 2.26. The zero-order chi connectivity index (χ0) is 12.2. The molecule has 0 bridgehead atoms. The topological polar surface area (TPSA) is 40.5 Å². The Labute approximate surface area is 91.3 Å². The number of rotatable bonds is 4. The van der Waals surface area contributed by atoms with Crippen molar-refractivity contribution in [2.24, 2.45) is 0 Å². The van der Waals surface area contributed by atoms with Crippen LogP contribution in [0.5, 0.6) is 5.75 Å². The Kier molecular flexibility index (Phi) is 4.18. The summed E-state index contributed by atoms with van der Waals surface area (Å²) in [4.78, 5) is 0. The Morgan fingerprint density at radius 1 is 1.12 bits per heavy atom. The molecule has 0 heterocycles. The molecule has 2 nitrogen and oxygen atoms in total. The Balaban J connectivity index is 2.33. The van der Waals surface area contributed by atoms with Gasteiger partial charge in [-0.3, -0.25) is 0 Å². The normalized spacial score (nSPS) is 13.8. The van der Waals surface area contributed by atoms with Crippen molar-refractivity contribution in [3.8, 4) is 5.75 Å². The van der Waals surface area contributed by atoms with Crippen LogP contribution in [0.25, 0.3) is 0 Å². The molecule has 16 heavy (non-hydrogen) atoms. The molecule has 0 saturated carbocycles. The van der Waals surface area contributed by atoms with Gasteiger partial charge in [0, 0.05) is 0 Å². The fourth-order valence-electron chi connectivity index (χ4n) is 1.33. The van der Waals surface area contributed by atoms with Gasteiger partial charge in [-0.25, -0.2) is 0 Å². The van der Waals surface area contributed by atoms with Gasteiger partial charge in [-0.05, 0) is 37.0 Å². The van der Waals surface area contributed by atoms with Gasteiger partial charge in [0.25, 0.3) is 0 Å². The van der Waals surface area contributed by atoms with Crippen LogP contribution in [0.3, 0.4) is 0 Å². The molecule has 0 aliphatic carbocycles. The van der Waals surface area contributed by atoms with E-state index in [9.17, 15) is 13.2 Å². The predicted molar refractivity (Wildman–Crippen MR) is 53.1 cm³/mol. The van der Waals surface area contributed by atoms with E-state index in [1.807, 2.05) is 0 Å². The van der Waals surface area contributed by atoms with Crippen molar-refractivity contribution in [3.63, 3.8) is 0 Å². The summed E-state index contributed by atoms with van der Waals surface area (Å²) in [5, 5.41) is 17.7. The van der Waals surface area contributed by atoms with Gasteiger partial charge < -0.3 is 10.2 Å².